The van der Waals surface area contributed by atoms with Crippen molar-refractivity contribution in [2.45, 2.75) is 39.2 Å². The summed E-state index contributed by atoms with van der Waals surface area (Å²) < 4.78 is 10.5. The van der Waals surface area contributed by atoms with E-state index >= 15 is 0 Å². The zero-order valence-corrected chi connectivity index (χ0v) is 11.8. The van der Waals surface area contributed by atoms with Crippen molar-refractivity contribution in [3.8, 4) is 0 Å². The molecule has 19 heavy (non-hydrogen) atoms. The third-order valence-electron chi connectivity index (χ3n) is 2.98. The molecule has 0 aromatic rings. The average molecular weight is 273 g/mol. The molecule has 0 aromatic carbocycles. The minimum atomic E-state index is -0.811. The summed E-state index contributed by atoms with van der Waals surface area (Å²) in [5.41, 5.74) is -0.534. The largest absolute Gasteiger partial charge is 0.481 e. The lowest BCUT2D eigenvalue weighted by molar-refractivity contribution is -0.139. The molecule has 0 unspecified atom stereocenters. The quantitative estimate of drug-likeness (QED) is 0.813. The van der Waals surface area contributed by atoms with E-state index in [0.717, 1.165) is 0 Å². The number of carbonyl (C=O) groups is 2. The molecule has 1 fully saturated rings. The highest BCUT2D eigenvalue weighted by molar-refractivity contribution is 5.68. The van der Waals surface area contributed by atoms with Crippen LogP contribution < -0.4 is 5.32 Å². The first-order chi connectivity index (χ1) is 8.78. The van der Waals surface area contributed by atoms with E-state index < -0.39 is 17.7 Å². The van der Waals surface area contributed by atoms with Gasteiger partial charge in [0.2, 0.25) is 0 Å². The lowest BCUT2D eigenvalue weighted by atomic mass is 9.86. The Hall–Kier alpha value is -1.30. The number of rotatable bonds is 4. The van der Waals surface area contributed by atoms with Crippen LogP contribution in [0.2, 0.25) is 0 Å². The molecule has 0 aromatic heterocycles. The molecule has 1 saturated heterocycles. The van der Waals surface area contributed by atoms with Crippen molar-refractivity contribution in [1.29, 1.82) is 0 Å². The maximum Gasteiger partial charge on any atom is 0.407 e. The van der Waals surface area contributed by atoms with Gasteiger partial charge < -0.3 is 19.9 Å². The second-order valence-corrected chi connectivity index (χ2v) is 5.86. The van der Waals surface area contributed by atoms with E-state index in [4.69, 9.17) is 14.6 Å². The summed E-state index contributed by atoms with van der Waals surface area (Å²) in [4.78, 5) is 22.3. The number of alkyl carbamates (subject to hydrolysis) is 1. The summed E-state index contributed by atoms with van der Waals surface area (Å²) >= 11 is 0. The first-order valence-electron chi connectivity index (χ1n) is 6.54. The van der Waals surface area contributed by atoms with Gasteiger partial charge in [0.15, 0.2) is 0 Å². The van der Waals surface area contributed by atoms with Gasteiger partial charge in [0.25, 0.3) is 0 Å². The maximum absolute atomic E-state index is 11.5. The van der Waals surface area contributed by atoms with Crippen LogP contribution in [0, 0.1) is 11.8 Å². The van der Waals surface area contributed by atoms with Crippen LogP contribution in [0.5, 0.6) is 0 Å². The number of hydrogen-bond donors (Lipinski definition) is 2. The van der Waals surface area contributed by atoms with Crippen molar-refractivity contribution < 1.29 is 24.2 Å². The second kappa shape index (κ2) is 6.75. The monoisotopic (exact) mass is 273 g/mol. The molecule has 1 heterocycles. The van der Waals surface area contributed by atoms with Crippen molar-refractivity contribution in [3.05, 3.63) is 0 Å². The molecule has 110 valence electrons. The number of carbonyl (C=O) groups excluding carboxylic acids is 1. The molecule has 1 aliphatic heterocycles. The Bertz CT molecular complexity index is 323. The van der Waals surface area contributed by atoms with Crippen molar-refractivity contribution >= 4 is 12.1 Å². The van der Waals surface area contributed by atoms with Crippen molar-refractivity contribution in [2.24, 2.45) is 11.8 Å². The summed E-state index contributed by atoms with van der Waals surface area (Å²) in [5, 5.41) is 11.5. The standard InChI is InChI=1S/C13H23NO5/c1-13(2,3)19-12(17)14-7-10-8-18-5-4-9(10)6-11(15)16/h9-10H,4-8H2,1-3H3,(H,14,17)(H,15,16)/t9-,10-/m1/s1. The molecule has 1 rings (SSSR count). The first-order valence-corrected chi connectivity index (χ1v) is 6.54. The van der Waals surface area contributed by atoms with Gasteiger partial charge >= 0.3 is 12.1 Å². The van der Waals surface area contributed by atoms with Gasteiger partial charge in [-0.25, -0.2) is 4.79 Å². The predicted molar refractivity (Wildman–Crippen MR) is 68.9 cm³/mol. The van der Waals surface area contributed by atoms with Gasteiger partial charge in [-0.15, -0.1) is 0 Å². The number of nitrogens with one attached hydrogen (secondary N) is 1. The average Bonchev–Trinajstić information content (AvgIpc) is 2.24. The fraction of sp³-hybridized carbons (Fsp3) is 0.846. The highest BCUT2D eigenvalue weighted by atomic mass is 16.6. The Balaban J connectivity index is 2.40. The molecular weight excluding hydrogens is 250 g/mol. The molecule has 2 atom stereocenters. The zero-order chi connectivity index (χ0) is 14.5. The SMILES string of the molecule is CC(C)(C)OC(=O)NC[C@@H]1COCC[C@@H]1CC(=O)O. The normalized spacial score (nSPS) is 23.7. The van der Waals surface area contributed by atoms with Gasteiger partial charge in [-0.2, -0.15) is 0 Å². The molecular formula is C13H23NO5. The fourth-order valence-electron chi connectivity index (χ4n) is 2.09. The molecule has 0 spiro atoms. The third kappa shape index (κ3) is 6.42. The third-order valence-corrected chi connectivity index (χ3v) is 2.98. The van der Waals surface area contributed by atoms with Gasteiger partial charge in [-0.3, -0.25) is 4.79 Å². The number of ether oxygens (including phenoxy) is 2. The molecule has 6 heteroatoms. The topological polar surface area (TPSA) is 84.9 Å². The van der Waals surface area contributed by atoms with Crippen LogP contribution in [0.25, 0.3) is 0 Å². The van der Waals surface area contributed by atoms with Crippen LogP contribution in [0.1, 0.15) is 33.6 Å². The van der Waals surface area contributed by atoms with E-state index in [1.165, 1.54) is 0 Å². The maximum atomic E-state index is 11.5. The summed E-state index contributed by atoms with van der Waals surface area (Å²) in [6.45, 7) is 6.83. The van der Waals surface area contributed by atoms with Gasteiger partial charge in [0, 0.05) is 25.5 Å². The van der Waals surface area contributed by atoms with Gasteiger partial charge in [0.05, 0.1) is 6.61 Å². The number of amides is 1. The van der Waals surface area contributed by atoms with Crippen LogP contribution >= 0.6 is 0 Å². The molecule has 0 aliphatic carbocycles. The minimum absolute atomic E-state index is 0.0253. The van der Waals surface area contributed by atoms with Gasteiger partial charge in [-0.05, 0) is 33.1 Å². The first kappa shape index (κ1) is 15.8. The smallest absolute Gasteiger partial charge is 0.407 e. The van der Waals surface area contributed by atoms with E-state index in [1.807, 2.05) is 0 Å². The van der Waals surface area contributed by atoms with Crippen LogP contribution in [0.15, 0.2) is 0 Å². The Morgan fingerprint density at radius 1 is 1.37 bits per heavy atom. The fourth-order valence-corrected chi connectivity index (χ4v) is 2.09. The van der Waals surface area contributed by atoms with Crippen molar-refractivity contribution in [2.75, 3.05) is 19.8 Å². The molecule has 0 radical (unpaired) electrons. The summed E-state index contributed by atoms with van der Waals surface area (Å²) in [6, 6.07) is 0. The highest BCUT2D eigenvalue weighted by Gasteiger charge is 2.28. The lowest BCUT2D eigenvalue weighted by Gasteiger charge is -2.31. The van der Waals surface area contributed by atoms with Crippen LogP contribution in [0.3, 0.4) is 0 Å². The number of hydrogen-bond acceptors (Lipinski definition) is 4. The number of aliphatic carboxylic acids is 1. The van der Waals surface area contributed by atoms with E-state index in [2.05, 4.69) is 5.32 Å². The van der Waals surface area contributed by atoms with Crippen molar-refractivity contribution in [3.63, 3.8) is 0 Å². The Morgan fingerprint density at radius 3 is 2.63 bits per heavy atom. The van der Waals surface area contributed by atoms with Crippen LogP contribution in [-0.4, -0.2) is 42.5 Å². The highest BCUT2D eigenvalue weighted by Crippen LogP contribution is 2.24. The Labute approximate surface area is 113 Å². The molecule has 0 saturated carbocycles. The molecule has 1 aliphatic rings. The van der Waals surface area contributed by atoms with Gasteiger partial charge in [-0.1, -0.05) is 0 Å². The minimum Gasteiger partial charge on any atom is -0.481 e. The van der Waals surface area contributed by atoms with E-state index in [1.54, 1.807) is 20.8 Å². The van der Waals surface area contributed by atoms with E-state index in [9.17, 15) is 9.59 Å². The summed E-state index contributed by atoms with van der Waals surface area (Å²) in [5.74, 6) is -0.743. The summed E-state index contributed by atoms with van der Waals surface area (Å²) in [6.07, 6.45) is 0.351. The Morgan fingerprint density at radius 2 is 2.05 bits per heavy atom. The molecule has 1 amide bonds. The molecule has 6 nitrogen and oxygen atoms in total. The molecule has 2 N–H and O–H groups in total. The number of carboxylic acids is 1. The lowest BCUT2D eigenvalue weighted by Crippen LogP contribution is -2.40. The molecule has 0 bridgehead atoms. The number of carboxylic acid groups (broad SMARTS) is 1. The van der Waals surface area contributed by atoms with Crippen LogP contribution in [0.4, 0.5) is 4.79 Å². The van der Waals surface area contributed by atoms with Crippen molar-refractivity contribution in [1.82, 2.24) is 5.32 Å². The van der Waals surface area contributed by atoms with Crippen LogP contribution in [-0.2, 0) is 14.3 Å². The van der Waals surface area contributed by atoms with E-state index in [0.29, 0.717) is 26.2 Å². The predicted octanol–water partition coefficient (Wildman–Crippen LogP) is 1.64. The summed E-state index contributed by atoms with van der Waals surface area (Å²) in [7, 11) is 0. The second-order valence-electron chi connectivity index (χ2n) is 5.86. The van der Waals surface area contributed by atoms with E-state index in [-0.39, 0.29) is 18.3 Å². The van der Waals surface area contributed by atoms with Gasteiger partial charge in [0.1, 0.15) is 5.60 Å². The Kier molecular flexibility index (Phi) is 5.60. The zero-order valence-electron chi connectivity index (χ0n) is 11.8.